The molecule has 0 saturated carbocycles. The highest BCUT2D eigenvalue weighted by atomic mass is 19.1. The van der Waals surface area contributed by atoms with Crippen molar-refractivity contribution in [3.05, 3.63) is 18.3 Å². The quantitative estimate of drug-likeness (QED) is 0.708. The Morgan fingerprint density at radius 2 is 2.32 bits per heavy atom. The number of aliphatic hydroxyl groups is 2. The minimum Gasteiger partial charge on any atom is -0.394 e. The number of halogens is 1. The fourth-order valence-electron chi connectivity index (χ4n) is 2.77. The molecule has 4 N–H and O–H groups in total. The minimum atomic E-state index is -1.38. The smallest absolute Gasteiger partial charge is 0.157 e. The second-order valence-corrected chi connectivity index (χ2v) is 5.39. The zero-order valence-electron chi connectivity index (χ0n) is 11.6. The summed E-state index contributed by atoms with van der Waals surface area (Å²) >= 11 is 0. The Kier molecular flexibility index (Phi) is 3.25. The third kappa shape index (κ3) is 1.78. The molecule has 3 heterocycles. The zero-order valence-corrected chi connectivity index (χ0v) is 11.6. The van der Waals surface area contributed by atoms with Gasteiger partial charge in [0, 0.05) is 6.20 Å². The van der Waals surface area contributed by atoms with E-state index in [1.807, 2.05) is 6.07 Å². The maximum atomic E-state index is 14.1. The van der Waals surface area contributed by atoms with Gasteiger partial charge in [-0.15, -0.1) is 0 Å². The maximum Gasteiger partial charge on any atom is 0.157 e. The van der Waals surface area contributed by atoms with Gasteiger partial charge in [-0.1, -0.05) is 0 Å². The fraction of sp³-hybridized carbons (Fsp3) is 0.462. The number of hydrogen-bond donors (Lipinski definition) is 3. The molecular formula is C13H14FN5O3. The van der Waals surface area contributed by atoms with Gasteiger partial charge in [0.15, 0.2) is 17.7 Å². The number of nitrogens with zero attached hydrogens (tertiary/aromatic N) is 4. The molecule has 1 aliphatic heterocycles. The number of hydrogen-bond acceptors (Lipinski definition) is 7. The molecule has 1 fully saturated rings. The van der Waals surface area contributed by atoms with E-state index in [1.165, 1.54) is 17.8 Å². The van der Waals surface area contributed by atoms with Crippen molar-refractivity contribution in [2.45, 2.75) is 25.4 Å². The summed E-state index contributed by atoms with van der Waals surface area (Å²) in [6.07, 6.45) is -0.929. The molecule has 0 aliphatic carbocycles. The Bertz CT molecular complexity index is 773. The van der Waals surface area contributed by atoms with E-state index in [0.29, 0.717) is 0 Å². The Hall–Kier alpha value is -2.28. The van der Waals surface area contributed by atoms with Crippen molar-refractivity contribution in [2.24, 2.45) is 5.41 Å². The molecule has 0 bridgehead atoms. The summed E-state index contributed by atoms with van der Waals surface area (Å²) in [6.45, 7) is 1.01. The molecule has 22 heavy (non-hydrogen) atoms. The van der Waals surface area contributed by atoms with Crippen LogP contribution in [0.4, 0.5) is 10.2 Å². The number of aromatic nitrogens is 3. The lowest BCUT2D eigenvalue weighted by atomic mass is 9.84. The number of anilines is 1. The molecule has 116 valence electrons. The molecular weight excluding hydrogens is 293 g/mol. The van der Waals surface area contributed by atoms with Crippen LogP contribution in [0.15, 0.2) is 12.5 Å². The number of ether oxygens (including phenoxy) is 1. The van der Waals surface area contributed by atoms with Crippen molar-refractivity contribution < 1.29 is 19.3 Å². The van der Waals surface area contributed by atoms with Gasteiger partial charge < -0.3 is 25.3 Å². The van der Waals surface area contributed by atoms with Crippen LogP contribution >= 0.6 is 0 Å². The fourth-order valence-corrected chi connectivity index (χ4v) is 2.77. The van der Waals surface area contributed by atoms with Crippen molar-refractivity contribution in [3.8, 4) is 6.07 Å². The van der Waals surface area contributed by atoms with Crippen molar-refractivity contribution in [2.75, 3.05) is 12.3 Å². The minimum absolute atomic E-state index is 0.0216. The van der Waals surface area contributed by atoms with Gasteiger partial charge in [-0.2, -0.15) is 5.26 Å². The number of aliphatic hydroxyl groups excluding tert-OH is 2. The molecule has 8 nitrogen and oxygen atoms in total. The highest BCUT2D eigenvalue weighted by Crippen LogP contribution is 2.46. The van der Waals surface area contributed by atoms with Crippen LogP contribution in [0, 0.1) is 22.6 Å². The third-order valence-corrected chi connectivity index (χ3v) is 4.05. The van der Waals surface area contributed by atoms with Crippen LogP contribution < -0.4 is 5.73 Å². The van der Waals surface area contributed by atoms with E-state index < -0.39 is 36.3 Å². The van der Waals surface area contributed by atoms with E-state index in [9.17, 15) is 19.9 Å². The standard InChI is InChI=1S/C13H14FN5O3/c1-13(4-15)9(21)7(3-20)22-12(13)19-2-6(14)8-10(16)17-5-18-11(8)19/h2,5,7,9,12,20-21H,3H2,1H3,(H2,16,17,18). The molecule has 1 aliphatic rings. The SMILES string of the molecule is CC1(C#N)C(O)C(CO)OC1n1cc(F)c2c(N)ncnc21. The predicted octanol–water partition coefficient (Wildman–Crippen LogP) is -0.0669. The summed E-state index contributed by atoms with van der Waals surface area (Å²) in [5, 5.41) is 28.9. The summed E-state index contributed by atoms with van der Waals surface area (Å²) < 4.78 is 21.0. The lowest BCUT2D eigenvalue weighted by Crippen LogP contribution is -2.37. The van der Waals surface area contributed by atoms with Crippen LogP contribution in [0.25, 0.3) is 11.0 Å². The van der Waals surface area contributed by atoms with Gasteiger partial charge in [-0.3, -0.25) is 0 Å². The molecule has 0 aromatic carbocycles. The van der Waals surface area contributed by atoms with E-state index in [4.69, 9.17) is 10.5 Å². The first-order chi connectivity index (χ1) is 10.4. The normalized spacial score (nSPS) is 31.5. The van der Waals surface area contributed by atoms with Crippen molar-refractivity contribution in [1.29, 1.82) is 5.26 Å². The van der Waals surface area contributed by atoms with E-state index in [-0.39, 0.29) is 16.9 Å². The Labute approximate surface area is 124 Å². The highest BCUT2D eigenvalue weighted by molar-refractivity contribution is 5.86. The molecule has 0 spiro atoms. The van der Waals surface area contributed by atoms with Gasteiger partial charge in [-0.05, 0) is 6.92 Å². The Morgan fingerprint density at radius 1 is 1.59 bits per heavy atom. The van der Waals surface area contributed by atoms with Crippen molar-refractivity contribution in [1.82, 2.24) is 14.5 Å². The van der Waals surface area contributed by atoms with Crippen LogP contribution in [0.5, 0.6) is 0 Å². The number of rotatable bonds is 2. The Morgan fingerprint density at radius 3 is 2.95 bits per heavy atom. The average molecular weight is 307 g/mol. The van der Waals surface area contributed by atoms with Crippen LogP contribution in [0.2, 0.25) is 0 Å². The molecule has 4 atom stereocenters. The molecule has 2 aromatic rings. The molecule has 2 aromatic heterocycles. The molecule has 3 rings (SSSR count). The van der Waals surface area contributed by atoms with Crippen LogP contribution in [0.3, 0.4) is 0 Å². The lowest BCUT2D eigenvalue weighted by molar-refractivity contribution is -0.0469. The molecule has 0 amide bonds. The first kappa shape index (κ1) is 14.6. The van der Waals surface area contributed by atoms with E-state index in [0.717, 1.165) is 6.20 Å². The first-order valence-electron chi connectivity index (χ1n) is 6.56. The second-order valence-electron chi connectivity index (χ2n) is 5.39. The molecule has 1 saturated heterocycles. The van der Waals surface area contributed by atoms with Gasteiger partial charge in [0.25, 0.3) is 0 Å². The summed E-state index contributed by atoms with van der Waals surface area (Å²) in [6, 6.07) is 1.99. The summed E-state index contributed by atoms with van der Waals surface area (Å²) in [5.41, 5.74) is 4.42. The van der Waals surface area contributed by atoms with Crippen LogP contribution in [-0.2, 0) is 4.74 Å². The van der Waals surface area contributed by atoms with Gasteiger partial charge in [0.05, 0.1) is 18.1 Å². The average Bonchev–Trinajstić information content (AvgIpc) is 2.97. The third-order valence-electron chi connectivity index (χ3n) is 4.05. The van der Waals surface area contributed by atoms with E-state index in [1.54, 1.807) is 0 Å². The summed E-state index contributed by atoms with van der Waals surface area (Å²) in [4.78, 5) is 7.71. The molecule has 9 heteroatoms. The monoisotopic (exact) mass is 307 g/mol. The lowest BCUT2D eigenvalue weighted by Gasteiger charge is -2.26. The van der Waals surface area contributed by atoms with Gasteiger partial charge in [0.1, 0.15) is 29.8 Å². The van der Waals surface area contributed by atoms with Crippen LogP contribution in [0.1, 0.15) is 13.2 Å². The van der Waals surface area contributed by atoms with Crippen molar-refractivity contribution >= 4 is 16.9 Å². The number of nitriles is 1. The first-order valence-corrected chi connectivity index (χ1v) is 6.56. The summed E-state index contributed by atoms with van der Waals surface area (Å²) in [5.74, 6) is -0.684. The van der Waals surface area contributed by atoms with Crippen LogP contribution in [-0.4, -0.2) is 43.6 Å². The maximum absolute atomic E-state index is 14.1. The predicted molar refractivity (Wildman–Crippen MR) is 72.6 cm³/mol. The second kappa shape index (κ2) is 4.88. The highest BCUT2D eigenvalue weighted by Gasteiger charge is 2.54. The number of nitrogens with two attached hydrogens (primary N) is 1. The Balaban J connectivity index is 2.20. The summed E-state index contributed by atoms with van der Waals surface area (Å²) in [7, 11) is 0. The van der Waals surface area contributed by atoms with Gasteiger partial charge in [0.2, 0.25) is 0 Å². The molecule has 4 unspecified atom stereocenters. The largest absolute Gasteiger partial charge is 0.394 e. The van der Waals surface area contributed by atoms with Crippen molar-refractivity contribution in [3.63, 3.8) is 0 Å². The van der Waals surface area contributed by atoms with E-state index >= 15 is 0 Å². The molecule has 0 radical (unpaired) electrons. The topological polar surface area (TPSA) is 130 Å². The number of fused-ring (bicyclic) bond motifs is 1. The van der Waals surface area contributed by atoms with Gasteiger partial charge in [-0.25, -0.2) is 14.4 Å². The van der Waals surface area contributed by atoms with Gasteiger partial charge >= 0.3 is 0 Å². The zero-order chi connectivity index (χ0) is 16.1. The van der Waals surface area contributed by atoms with E-state index in [2.05, 4.69) is 9.97 Å². The number of nitrogen functional groups attached to an aromatic ring is 1.